The Labute approximate surface area is 210 Å². The van der Waals surface area contributed by atoms with Gasteiger partial charge in [-0.05, 0) is 56.7 Å². The fourth-order valence-electron chi connectivity index (χ4n) is 5.54. The summed E-state index contributed by atoms with van der Waals surface area (Å²) in [7, 11) is -7.09. The Morgan fingerprint density at radius 2 is 1.78 bits per heavy atom. The fourth-order valence-corrected chi connectivity index (χ4v) is 8.45. The number of nitrogens with zero attached hydrogens (tertiary/aromatic N) is 4. The molecular weight excluding hydrogens is 498 g/mol. The second-order valence-electron chi connectivity index (χ2n) is 10.1. The molecule has 0 bridgehead atoms. The third-order valence-corrected chi connectivity index (χ3v) is 11.3. The lowest BCUT2D eigenvalue weighted by Crippen LogP contribution is -2.35. The Hall–Kier alpha value is -2.76. The Morgan fingerprint density at radius 3 is 2.47 bits per heavy atom. The van der Waals surface area contributed by atoms with E-state index in [1.54, 1.807) is 49.1 Å². The second-order valence-corrected chi connectivity index (χ2v) is 13.9. The van der Waals surface area contributed by atoms with Crippen molar-refractivity contribution in [3.8, 4) is 0 Å². The number of fused-ring (bicyclic) bond motifs is 3. The third-order valence-electron chi connectivity index (χ3n) is 7.62. The van der Waals surface area contributed by atoms with E-state index in [0.717, 1.165) is 36.8 Å². The van der Waals surface area contributed by atoms with Crippen molar-refractivity contribution in [2.45, 2.75) is 68.2 Å². The van der Waals surface area contributed by atoms with E-state index >= 15 is 0 Å². The number of aromatic nitrogens is 4. The molecule has 0 spiro atoms. The van der Waals surface area contributed by atoms with Gasteiger partial charge in [0.1, 0.15) is 5.52 Å². The highest BCUT2D eigenvalue weighted by Gasteiger charge is 2.41. The standard InChI is InChI=1S/C25H29N5O4S2/c1-3-17-12-18(28-35(31,32)19-8-9-19)13-23(17)29-15-27-22-14-26-25-21(24(22)29)10-11-30(25)36(33,34)20-6-4-16(2)5-7-20/h4-7,10-11,14-15,17-19,23,28H,3,8-9,12-13H2,1-2H3/t17-,18+,23+/m1/s1. The summed E-state index contributed by atoms with van der Waals surface area (Å²) < 4.78 is 58.2. The van der Waals surface area contributed by atoms with Gasteiger partial charge >= 0.3 is 0 Å². The zero-order chi connectivity index (χ0) is 25.2. The average Bonchev–Trinajstić information content (AvgIpc) is 3.31. The van der Waals surface area contributed by atoms with Gasteiger partial charge in [-0.15, -0.1) is 0 Å². The van der Waals surface area contributed by atoms with Gasteiger partial charge in [0.05, 0.1) is 28.2 Å². The summed E-state index contributed by atoms with van der Waals surface area (Å²) in [6.45, 7) is 4.03. The van der Waals surface area contributed by atoms with E-state index < -0.39 is 20.0 Å². The summed E-state index contributed by atoms with van der Waals surface area (Å²) in [6.07, 6.45) is 8.75. The molecule has 2 aliphatic carbocycles. The maximum absolute atomic E-state index is 13.4. The lowest BCUT2D eigenvalue weighted by atomic mass is 10.0. The first-order valence-corrected chi connectivity index (χ1v) is 15.3. The van der Waals surface area contributed by atoms with Crippen LogP contribution in [0.5, 0.6) is 0 Å². The molecule has 0 unspecified atom stereocenters. The molecular formula is C25H29N5O4S2. The normalized spacial score (nSPS) is 23.1. The van der Waals surface area contributed by atoms with Crippen molar-refractivity contribution < 1.29 is 16.8 Å². The van der Waals surface area contributed by atoms with Gasteiger partial charge < -0.3 is 4.57 Å². The lowest BCUT2D eigenvalue weighted by Gasteiger charge is -2.20. The maximum Gasteiger partial charge on any atom is 0.269 e. The van der Waals surface area contributed by atoms with Gasteiger partial charge in [0, 0.05) is 23.7 Å². The van der Waals surface area contributed by atoms with E-state index in [-0.39, 0.29) is 28.1 Å². The molecule has 4 aromatic rings. The van der Waals surface area contributed by atoms with Crippen LogP contribution in [0.3, 0.4) is 0 Å². The minimum atomic E-state index is -3.82. The van der Waals surface area contributed by atoms with E-state index in [9.17, 15) is 16.8 Å². The van der Waals surface area contributed by atoms with Crippen LogP contribution >= 0.6 is 0 Å². The highest BCUT2D eigenvalue weighted by atomic mass is 32.2. The first-order chi connectivity index (χ1) is 17.2. The molecule has 36 heavy (non-hydrogen) atoms. The molecule has 3 aromatic heterocycles. The fraction of sp³-hybridized carbons (Fsp3) is 0.440. The van der Waals surface area contributed by atoms with Crippen LogP contribution in [-0.2, 0) is 20.0 Å². The van der Waals surface area contributed by atoms with Crippen molar-refractivity contribution in [2.75, 3.05) is 0 Å². The molecule has 3 atom stereocenters. The van der Waals surface area contributed by atoms with Crippen molar-refractivity contribution in [3.63, 3.8) is 0 Å². The predicted molar refractivity (Wildman–Crippen MR) is 138 cm³/mol. The van der Waals surface area contributed by atoms with Crippen LogP contribution in [0.2, 0.25) is 0 Å². The molecule has 6 rings (SSSR count). The largest absolute Gasteiger partial charge is 0.326 e. The predicted octanol–water partition coefficient (Wildman–Crippen LogP) is 3.74. The van der Waals surface area contributed by atoms with E-state index in [1.807, 2.05) is 6.92 Å². The van der Waals surface area contributed by atoms with Gasteiger partial charge in [0.2, 0.25) is 10.0 Å². The van der Waals surface area contributed by atoms with E-state index in [2.05, 4.69) is 26.2 Å². The van der Waals surface area contributed by atoms with Gasteiger partial charge in [-0.3, -0.25) is 0 Å². The molecule has 0 saturated heterocycles. The second kappa shape index (κ2) is 8.39. The minimum absolute atomic E-state index is 0.0505. The van der Waals surface area contributed by atoms with Crippen molar-refractivity contribution in [1.29, 1.82) is 0 Å². The van der Waals surface area contributed by atoms with Gasteiger partial charge in [0.25, 0.3) is 10.0 Å². The van der Waals surface area contributed by atoms with E-state index in [0.29, 0.717) is 23.0 Å². The Kier molecular flexibility index (Phi) is 5.51. The summed E-state index contributed by atoms with van der Waals surface area (Å²) in [4.78, 5) is 9.23. The minimum Gasteiger partial charge on any atom is -0.326 e. The number of sulfonamides is 1. The van der Waals surface area contributed by atoms with Crippen molar-refractivity contribution in [1.82, 2.24) is 23.2 Å². The van der Waals surface area contributed by atoms with E-state index in [4.69, 9.17) is 0 Å². The molecule has 1 aromatic carbocycles. The molecule has 2 saturated carbocycles. The molecule has 3 heterocycles. The molecule has 11 heteroatoms. The first-order valence-electron chi connectivity index (χ1n) is 12.3. The number of benzene rings is 1. The molecule has 2 fully saturated rings. The summed E-state index contributed by atoms with van der Waals surface area (Å²) >= 11 is 0. The number of nitrogens with one attached hydrogen (secondary N) is 1. The summed E-state index contributed by atoms with van der Waals surface area (Å²) in [5.74, 6) is 0.274. The van der Waals surface area contributed by atoms with Crippen LogP contribution in [-0.4, -0.2) is 46.6 Å². The Balaban J connectivity index is 1.40. The topological polar surface area (TPSA) is 116 Å². The molecule has 2 aliphatic rings. The molecule has 0 aliphatic heterocycles. The zero-order valence-corrected chi connectivity index (χ0v) is 21.8. The number of imidazole rings is 1. The Bertz CT molecular complexity index is 1670. The average molecular weight is 528 g/mol. The highest BCUT2D eigenvalue weighted by Crippen LogP contribution is 2.42. The molecule has 1 N–H and O–H groups in total. The van der Waals surface area contributed by atoms with Crippen molar-refractivity contribution >= 4 is 42.1 Å². The number of pyridine rings is 1. The van der Waals surface area contributed by atoms with Crippen LogP contribution in [0, 0.1) is 12.8 Å². The summed E-state index contributed by atoms with van der Waals surface area (Å²) in [5, 5.41) is 0.462. The molecule has 0 radical (unpaired) electrons. The van der Waals surface area contributed by atoms with Crippen LogP contribution in [0.4, 0.5) is 0 Å². The van der Waals surface area contributed by atoms with Crippen LogP contribution < -0.4 is 4.72 Å². The van der Waals surface area contributed by atoms with Crippen LogP contribution in [0.15, 0.2) is 53.9 Å². The van der Waals surface area contributed by atoms with Gasteiger partial charge in [-0.25, -0.2) is 35.5 Å². The first kappa shape index (κ1) is 23.6. The molecule has 9 nitrogen and oxygen atoms in total. The van der Waals surface area contributed by atoms with Gasteiger partial charge in [0.15, 0.2) is 5.65 Å². The summed E-state index contributed by atoms with van der Waals surface area (Å²) in [5.41, 5.74) is 2.84. The van der Waals surface area contributed by atoms with Crippen LogP contribution in [0.1, 0.15) is 50.6 Å². The highest BCUT2D eigenvalue weighted by molar-refractivity contribution is 7.90. The number of hydrogen-bond acceptors (Lipinski definition) is 6. The SMILES string of the molecule is CC[C@@H]1C[C@H](NS(=O)(=O)C2CC2)C[C@@H]1n1cnc2cnc3c(ccn3S(=O)(=O)c3ccc(C)cc3)c21. The maximum atomic E-state index is 13.4. The third kappa shape index (κ3) is 3.84. The monoisotopic (exact) mass is 527 g/mol. The number of aryl methyl sites for hydroxylation is 1. The van der Waals surface area contributed by atoms with E-state index in [1.165, 1.54) is 3.97 Å². The van der Waals surface area contributed by atoms with Gasteiger partial charge in [-0.1, -0.05) is 31.0 Å². The smallest absolute Gasteiger partial charge is 0.269 e. The van der Waals surface area contributed by atoms with Gasteiger partial charge in [-0.2, -0.15) is 0 Å². The quantitative estimate of drug-likeness (QED) is 0.391. The number of hydrogen-bond donors (Lipinski definition) is 1. The zero-order valence-electron chi connectivity index (χ0n) is 20.2. The summed E-state index contributed by atoms with van der Waals surface area (Å²) in [6, 6.07) is 8.47. The molecule has 190 valence electrons. The molecule has 0 amide bonds. The van der Waals surface area contributed by atoms with Crippen molar-refractivity contribution in [3.05, 3.63) is 54.6 Å². The lowest BCUT2D eigenvalue weighted by molar-refractivity contribution is 0.377. The van der Waals surface area contributed by atoms with Crippen LogP contribution in [0.25, 0.3) is 22.1 Å². The van der Waals surface area contributed by atoms with Crippen molar-refractivity contribution in [2.24, 2.45) is 5.92 Å². The Morgan fingerprint density at radius 1 is 1.03 bits per heavy atom. The number of rotatable bonds is 7.